The molecule has 0 radical (unpaired) electrons. The normalized spacial score (nSPS) is 19.9. The van der Waals surface area contributed by atoms with Crippen LogP contribution in [0.3, 0.4) is 0 Å². The quantitative estimate of drug-likeness (QED) is 0.746. The standard InChI is InChI=1S/C9H13N3O3/c1-5(13)7-11-10-6(2)12(7)9(3-4-9)8(14)15/h5,13H,3-4H2,1-2H3,(H,14,15). The van der Waals surface area contributed by atoms with Gasteiger partial charge in [-0.2, -0.15) is 0 Å². The number of nitrogens with zero attached hydrogens (tertiary/aromatic N) is 3. The van der Waals surface area contributed by atoms with E-state index in [0.29, 0.717) is 24.5 Å². The fourth-order valence-electron chi connectivity index (χ4n) is 1.83. The van der Waals surface area contributed by atoms with Gasteiger partial charge in [-0.3, -0.25) is 4.57 Å². The number of carbonyl (C=O) groups is 1. The summed E-state index contributed by atoms with van der Waals surface area (Å²) in [6, 6.07) is 0. The summed E-state index contributed by atoms with van der Waals surface area (Å²) >= 11 is 0. The second-order valence-corrected chi connectivity index (χ2v) is 3.95. The van der Waals surface area contributed by atoms with E-state index >= 15 is 0 Å². The van der Waals surface area contributed by atoms with Crippen molar-refractivity contribution in [1.82, 2.24) is 14.8 Å². The molecule has 1 fully saturated rings. The molecule has 6 nitrogen and oxygen atoms in total. The van der Waals surface area contributed by atoms with Crippen LogP contribution in [0.4, 0.5) is 0 Å². The number of aryl methyl sites for hydroxylation is 1. The average molecular weight is 211 g/mol. The molecule has 0 spiro atoms. The van der Waals surface area contributed by atoms with Crippen LogP contribution in [0.5, 0.6) is 0 Å². The van der Waals surface area contributed by atoms with Crippen molar-refractivity contribution in [2.24, 2.45) is 0 Å². The Morgan fingerprint density at radius 2 is 2.13 bits per heavy atom. The summed E-state index contributed by atoms with van der Waals surface area (Å²) in [6.45, 7) is 3.25. The Morgan fingerprint density at radius 1 is 1.53 bits per heavy atom. The van der Waals surface area contributed by atoms with Crippen molar-refractivity contribution in [3.63, 3.8) is 0 Å². The van der Waals surface area contributed by atoms with E-state index in [9.17, 15) is 9.90 Å². The smallest absolute Gasteiger partial charge is 0.329 e. The van der Waals surface area contributed by atoms with Gasteiger partial charge in [-0.05, 0) is 26.7 Å². The lowest BCUT2D eigenvalue weighted by Gasteiger charge is -2.17. The number of aliphatic hydroxyl groups excluding tert-OH is 1. The monoisotopic (exact) mass is 211 g/mol. The first kappa shape index (κ1) is 10.1. The summed E-state index contributed by atoms with van der Waals surface area (Å²) in [5, 5.41) is 26.2. The average Bonchev–Trinajstić information content (AvgIpc) is 2.85. The van der Waals surface area contributed by atoms with E-state index in [1.165, 1.54) is 0 Å². The van der Waals surface area contributed by atoms with Crippen LogP contribution in [0.2, 0.25) is 0 Å². The Balaban J connectivity index is 2.52. The fraction of sp³-hybridized carbons (Fsp3) is 0.667. The van der Waals surface area contributed by atoms with E-state index in [1.54, 1.807) is 18.4 Å². The van der Waals surface area contributed by atoms with E-state index in [4.69, 9.17) is 5.11 Å². The third kappa shape index (κ3) is 1.32. The van der Waals surface area contributed by atoms with Gasteiger partial charge in [0, 0.05) is 0 Å². The number of rotatable bonds is 3. The van der Waals surface area contributed by atoms with Crippen molar-refractivity contribution >= 4 is 5.97 Å². The first-order valence-electron chi connectivity index (χ1n) is 4.83. The Labute approximate surface area is 86.6 Å². The molecule has 2 rings (SSSR count). The molecule has 6 heteroatoms. The predicted octanol–water partition coefficient (Wildman–Crippen LogP) is 0.214. The first-order valence-corrected chi connectivity index (χ1v) is 4.83. The zero-order valence-electron chi connectivity index (χ0n) is 8.64. The molecule has 15 heavy (non-hydrogen) atoms. The van der Waals surface area contributed by atoms with Gasteiger partial charge < -0.3 is 10.2 Å². The Kier molecular flexibility index (Phi) is 2.04. The second-order valence-electron chi connectivity index (χ2n) is 3.95. The number of carboxylic acids is 1. The second kappa shape index (κ2) is 3.03. The Morgan fingerprint density at radius 3 is 2.53 bits per heavy atom. The van der Waals surface area contributed by atoms with Crippen LogP contribution >= 0.6 is 0 Å². The van der Waals surface area contributed by atoms with Gasteiger partial charge in [0.15, 0.2) is 5.82 Å². The molecule has 1 saturated carbocycles. The van der Waals surface area contributed by atoms with Crippen molar-refractivity contribution in [3.05, 3.63) is 11.6 Å². The topological polar surface area (TPSA) is 88.2 Å². The molecule has 0 aromatic carbocycles. The highest BCUT2D eigenvalue weighted by atomic mass is 16.4. The van der Waals surface area contributed by atoms with E-state index in [-0.39, 0.29) is 0 Å². The predicted molar refractivity (Wildman–Crippen MR) is 50.2 cm³/mol. The van der Waals surface area contributed by atoms with Crippen LogP contribution in [-0.2, 0) is 10.3 Å². The maximum Gasteiger partial charge on any atom is 0.329 e. The fourth-order valence-corrected chi connectivity index (χ4v) is 1.83. The first-order chi connectivity index (χ1) is 6.99. The van der Waals surface area contributed by atoms with E-state index in [0.717, 1.165) is 0 Å². The molecule has 1 aliphatic carbocycles. The van der Waals surface area contributed by atoms with Gasteiger partial charge >= 0.3 is 5.97 Å². The minimum atomic E-state index is -0.917. The lowest BCUT2D eigenvalue weighted by atomic mass is 10.2. The molecule has 1 aromatic heterocycles. The third-order valence-corrected chi connectivity index (χ3v) is 2.77. The van der Waals surface area contributed by atoms with Gasteiger partial charge in [0.05, 0.1) is 0 Å². The van der Waals surface area contributed by atoms with Gasteiger partial charge in [0.2, 0.25) is 0 Å². The van der Waals surface area contributed by atoms with Crippen LogP contribution in [0, 0.1) is 6.92 Å². The Bertz CT molecular complexity index is 407. The molecule has 2 N–H and O–H groups in total. The lowest BCUT2D eigenvalue weighted by molar-refractivity contribution is -0.142. The maximum atomic E-state index is 11.2. The van der Waals surface area contributed by atoms with Crippen LogP contribution < -0.4 is 0 Å². The molecule has 0 amide bonds. The molecule has 1 heterocycles. The van der Waals surface area contributed by atoms with Crippen LogP contribution in [0.1, 0.15) is 37.5 Å². The molecule has 0 bridgehead atoms. The van der Waals surface area contributed by atoms with Crippen molar-refractivity contribution in [1.29, 1.82) is 0 Å². The molecular weight excluding hydrogens is 198 g/mol. The molecule has 82 valence electrons. The zero-order valence-corrected chi connectivity index (χ0v) is 8.64. The number of carboxylic acid groups (broad SMARTS) is 1. The largest absolute Gasteiger partial charge is 0.479 e. The van der Waals surface area contributed by atoms with Crippen LogP contribution in [0.15, 0.2) is 0 Å². The van der Waals surface area contributed by atoms with Crippen molar-refractivity contribution in [2.75, 3.05) is 0 Å². The van der Waals surface area contributed by atoms with Gasteiger partial charge in [-0.15, -0.1) is 10.2 Å². The Hall–Kier alpha value is -1.43. The minimum Gasteiger partial charge on any atom is -0.479 e. The van der Waals surface area contributed by atoms with E-state index in [1.807, 2.05) is 0 Å². The molecule has 0 aliphatic heterocycles. The van der Waals surface area contributed by atoms with E-state index in [2.05, 4.69) is 10.2 Å². The molecular formula is C9H13N3O3. The van der Waals surface area contributed by atoms with Crippen molar-refractivity contribution in [2.45, 2.75) is 38.3 Å². The number of hydrogen-bond donors (Lipinski definition) is 2. The van der Waals surface area contributed by atoms with Gasteiger partial charge in [-0.1, -0.05) is 0 Å². The number of hydrogen-bond acceptors (Lipinski definition) is 4. The van der Waals surface area contributed by atoms with Gasteiger partial charge in [0.1, 0.15) is 17.5 Å². The highest BCUT2D eigenvalue weighted by molar-refractivity contribution is 5.80. The number of aliphatic carboxylic acids is 1. The summed E-state index contributed by atoms with van der Waals surface area (Å²) < 4.78 is 1.54. The minimum absolute atomic E-state index is 0.326. The summed E-state index contributed by atoms with van der Waals surface area (Å²) in [4.78, 5) is 11.2. The highest BCUT2D eigenvalue weighted by Gasteiger charge is 2.54. The zero-order chi connectivity index (χ0) is 11.2. The van der Waals surface area contributed by atoms with Crippen molar-refractivity contribution in [3.8, 4) is 0 Å². The summed E-state index contributed by atoms with van der Waals surface area (Å²) in [6.07, 6.45) is 0.338. The maximum absolute atomic E-state index is 11.2. The molecule has 0 saturated heterocycles. The van der Waals surface area contributed by atoms with E-state index < -0.39 is 17.6 Å². The number of aromatic nitrogens is 3. The van der Waals surface area contributed by atoms with Crippen LogP contribution in [-0.4, -0.2) is 30.9 Å². The van der Waals surface area contributed by atoms with Gasteiger partial charge in [-0.25, -0.2) is 4.79 Å². The van der Waals surface area contributed by atoms with Crippen molar-refractivity contribution < 1.29 is 15.0 Å². The SMILES string of the molecule is Cc1nnc(C(C)O)n1C1(C(=O)O)CC1. The number of aliphatic hydroxyl groups is 1. The molecule has 1 aliphatic rings. The summed E-state index contributed by atoms with van der Waals surface area (Å²) in [7, 11) is 0. The molecule has 1 aromatic rings. The van der Waals surface area contributed by atoms with Gasteiger partial charge in [0.25, 0.3) is 0 Å². The molecule has 1 atom stereocenters. The summed E-state index contributed by atoms with van der Waals surface area (Å²) in [5.41, 5.74) is -0.917. The lowest BCUT2D eigenvalue weighted by Crippen LogP contribution is -2.30. The third-order valence-electron chi connectivity index (χ3n) is 2.77. The van der Waals surface area contributed by atoms with Crippen LogP contribution in [0.25, 0.3) is 0 Å². The molecule has 1 unspecified atom stereocenters. The summed E-state index contributed by atoms with van der Waals surface area (Å²) in [5.74, 6) is -0.0227. The highest BCUT2D eigenvalue weighted by Crippen LogP contribution is 2.45.